The fourth-order valence-electron chi connectivity index (χ4n) is 7.89. The molecule has 0 spiro atoms. The molecule has 0 unspecified atom stereocenters. The summed E-state index contributed by atoms with van der Waals surface area (Å²) >= 11 is 0. The zero-order chi connectivity index (χ0) is 17.8. The minimum absolute atomic E-state index is 0.289. The van der Waals surface area contributed by atoms with Crippen LogP contribution in [0.4, 0.5) is 0 Å². The van der Waals surface area contributed by atoms with Crippen LogP contribution in [0.25, 0.3) is 0 Å². The minimum atomic E-state index is 0.289. The summed E-state index contributed by atoms with van der Waals surface area (Å²) < 4.78 is 6.32. The van der Waals surface area contributed by atoms with Crippen LogP contribution in [0, 0.1) is 40.4 Å². The van der Waals surface area contributed by atoms with E-state index < -0.39 is 0 Å². The lowest BCUT2D eigenvalue weighted by Gasteiger charge is -2.60. The first-order chi connectivity index (χ1) is 11.9. The fourth-order valence-corrected chi connectivity index (χ4v) is 7.89. The molecule has 0 aromatic carbocycles. The molecule has 4 saturated carbocycles. The van der Waals surface area contributed by atoms with Gasteiger partial charge in [-0.15, -0.1) is 0 Å². The summed E-state index contributed by atoms with van der Waals surface area (Å²) in [6.07, 6.45) is 11.7. The van der Waals surface area contributed by atoms with Gasteiger partial charge in [0.2, 0.25) is 0 Å². The molecule has 0 aromatic rings. The van der Waals surface area contributed by atoms with Gasteiger partial charge in [-0.25, -0.2) is 0 Å². The smallest absolute Gasteiger partial charge is 0.136 e. The molecule has 4 aliphatic carbocycles. The molecule has 4 aliphatic rings. The van der Waals surface area contributed by atoms with E-state index in [0.29, 0.717) is 28.6 Å². The maximum atomic E-state index is 12.3. The highest BCUT2D eigenvalue weighted by Gasteiger charge is 2.61. The van der Waals surface area contributed by atoms with E-state index in [1.54, 1.807) is 0 Å². The highest BCUT2D eigenvalue weighted by atomic mass is 16.5. The largest absolute Gasteiger partial charge is 0.378 e. The Hall–Kier alpha value is -0.370. The molecule has 8 atom stereocenters. The van der Waals surface area contributed by atoms with Crippen LogP contribution >= 0.6 is 0 Å². The van der Waals surface area contributed by atoms with Crippen molar-refractivity contribution in [3.8, 4) is 0 Å². The van der Waals surface area contributed by atoms with Crippen molar-refractivity contribution in [1.29, 1.82) is 0 Å². The quantitative estimate of drug-likeness (QED) is 0.661. The predicted molar refractivity (Wildman–Crippen MR) is 101 cm³/mol. The van der Waals surface area contributed by atoms with Crippen molar-refractivity contribution in [2.75, 3.05) is 6.61 Å². The Balaban J connectivity index is 1.56. The lowest BCUT2D eigenvalue weighted by Crippen LogP contribution is -2.55. The predicted octanol–water partition coefficient (Wildman–Crippen LogP) is 5.64. The van der Waals surface area contributed by atoms with E-state index in [4.69, 9.17) is 4.74 Å². The molecular formula is C23H38O2. The molecule has 2 heteroatoms. The van der Waals surface area contributed by atoms with Crippen molar-refractivity contribution in [3.63, 3.8) is 0 Å². The van der Waals surface area contributed by atoms with Gasteiger partial charge in [-0.1, -0.05) is 27.7 Å². The Labute approximate surface area is 154 Å². The topological polar surface area (TPSA) is 26.3 Å². The second kappa shape index (κ2) is 6.36. The number of hydrogen-bond donors (Lipinski definition) is 0. The van der Waals surface area contributed by atoms with Crippen LogP contribution in [0.5, 0.6) is 0 Å². The maximum absolute atomic E-state index is 12.3. The van der Waals surface area contributed by atoms with E-state index in [2.05, 4.69) is 27.7 Å². The highest BCUT2D eigenvalue weighted by Crippen LogP contribution is 2.66. The number of ketones is 1. The highest BCUT2D eigenvalue weighted by molar-refractivity contribution is 5.82. The third-order valence-electron chi connectivity index (χ3n) is 9.24. The molecule has 0 heterocycles. The van der Waals surface area contributed by atoms with Crippen LogP contribution in [0.1, 0.15) is 85.5 Å². The molecule has 0 aliphatic heterocycles. The van der Waals surface area contributed by atoms with Crippen molar-refractivity contribution in [2.45, 2.75) is 91.6 Å². The van der Waals surface area contributed by atoms with Gasteiger partial charge in [-0.05, 0) is 85.9 Å². The second-order valence-electron chi connectivity index (χ2n) is 10.4. The summed E-state index contributed by atoms with van der Waals surface area (Å²) in [5, 5.41) is 0. The molecule has 25 heavy (non-hydrogen) atoms. The summed E-state index contributed by atoms with van der Waals surface area (Å²) in [4.78, 5) is 12.3. The number of fused-ring (bicyclic) bond motifs is 5. The lowest BCUT2D eigenvalue weighted by atomic mass is 9.44. The van der Waals surface area contributed by atoms with E-state index in [1.807, 2.05) is 0 Å². The van der Waals surface area contributed by atoms with Crippen LogP contribution in [-0.4, -0.2) is 18.5 Å². The Morgan fingerprint density at radius 1 is 1.04 bits per heavy atom. The van der Waals surface area contributed by atoms with E-state index in [9.17, 15) is 4.79 Å². The number of hydrogen-bond acceptors (Lipinski definition) is 2. The number of carbonyl (C=O) groups excluding carboxylic acids is 1. The van der Waals surface area contributed by atoms with Crippen molar-refractivity contribution in [1.82, 2.24) is 0 Å². The maximum Gasteiger partial charge on any atom is 0.136 e. The van der Waals surface area contributed by atoms with Gasteiger partial charge in [0, 0.05) is 18.9 Å². The lowest BCUT2D eigenvalue weighted by molar-refractivity contribution is -0.151. The molecule has 142 valence electrons. The first-order valence-corrected chi connectivity index (χ1v) is 11.0. The summed E-state index contributed by atoms with van der Waals surface area (Å²) in [6.45, 7) is 10.4. The van der Waals surface area contributed by atoms with Crippen LogP contribution in [0.3, 0.4) is 0 Å². The molecule has 0 saturated heterocycles. The monoisotopic (exact) mass is 346 g/mol. The van der Waals surface area contributed by atoms with Gasteiger partial charge in [0.25, 0.3) is 0 Å². The molecule has 2 nitrogen and oxygen atoms in total. The molecule has 0 bridgehead atoms. The van der Waals surface area contributed by atoms with Gasteiger partial charge in [-0.2, -0.15) is 0 Å². The van der Waals surface area contributed by atoms with Crippen molar-refractivity contribution < 1.29 is 9.53 Å². The number of Topliss-reactive ketones (excluding diaryl/α,β-unsaturated/α-hetero) is 1. The van der Waals surface area contributed by atoms with E-state index in [0.717, 1.165) is 43.6 Å². The number of ether oxygens (including phenoxy) is 1. The van der Waals surface area contributed by atoms with Crippen LogP contribution < -0.4 is 0 Å². The average molecular weight is 347 g/mol. The Kier molecular flexibility index (Phi) is 4.58. The van der Waals surface area contributed by atoms with Gasteiger partial charge in [0.1, 0.15) is 5.78 Å². The average Bonchev–Trinajstić information content (AvgIpc) is 2.91. The Morgan fingerprint density at radius 2 is 1.80 bits per heavy atom. The van der Waals surface area contributed by atoms with Crippen LogP contribution in [-0.2, 0) is 9.53 Å². The number of carbonyl (C=O) groups is 1. The van der Waals surface area contributed by atoms with Gasteiger partial charge in [0.15, 0.2) is 0 Å². The van der Waals surface area contributed by atoms with E-state index in [-0.39, 0.29) is 5.92 Å². The van der Waals surface area contributed by atoms with E-state index >= 15 is 0 Å². The number of rotatable bonds is 3. The zero-order valence-electron chi connectivity index (χ0n) is 16.9. The van der Waals surface area contributed by atoms with Crippen molar-refractivity contribution in [2.24, 2.45) is 40.4 Å². The first-order valence-electron chi connectivity index (χ1n) is 11.0. The summed E-state index contributed by atoms with van der Waals surface area (Å²) in [7, 11) is 0. The first kappa shape index (κ1) is 18.0. The van der Waals surface area contributed by atoms with Crippen molar-refractivity contribution in [3.05, 3.63) is 0 Å². The van der Waals surface area contributed by atoms with Crippen LogP contribution in [0.15, 0.2) is 0 Å². The molecule has 4 rings (SSSR count). The summed E-state index contributed by atoms with van der Waals surface area (Å²) in [6, 6.07) is 0. The molecule has 4 fully saturated rings. The summed E-state index contributed by atoms with van der Waals surface area (Å²) in [5.74, 6) is 4.09. The Morgan fingerprint density at radius 3 is 2.56 bits per heavy atom. The normalized spacial score (nSPS) is 52.4. The Bertz CT molecular complexity index is 528. The molecule has 0 aromatic heterocycles. The van der Waals surface area contributed by atoms with E-state index in [1.165, 1.54) is 38.5 Å². The standard InChI is InChI=1S/C23H38O2/c1-5-12-25-21-9-8-18-17-7-6-16-13-20(24)15(2)14-23(16,4)19(17)10-11-22(18,21)3/h15-19,21H,5-14H2,1-4H3/t15-,16+,17+,18+,19+,21+,22+,23+/m1/s1. The van der Waals surface area contributed by atoms with Gasteiger partial charge in [0.05, 0.1) is 6.10 Å². The molecular weight excluding hydrogens is 308 g/mol. The third-order valence-corrected chi connectivity index (χ3v) is 9.24. The zero-order valence-corrected chi connectivity index (χ0v) is 16.9. The third kappa shape index (κ3) is 2.65. The fraction of sp³-hybridized carbons (Fsp3) is 0.957. The summed E-state index contributed by atoms with van der Waals surface area (Å²) in [5.41, 5.74) is 0.829. The van der Waals surface area contributed by atoms with Gasteiger partial charge in [-0.3, -0.25) is 4.79 Å². The minimum Gasteiger partial charge on any atom is -0.378 e. The molecule has 0 amide bonds. The molecule has 0 N–H and O–H groups in total. The van der Waals surface area contributed by atoms with Crippen LogP contribution in [0.2, 0.25) is 0 Å². The second-order valence-corrected chi connectivity index (χ2v) is 10.4. The van der Waals surface area contributed by atoms with Gasteiger partial charge >= 0.3 is 0 Å². The molecule has 0 radical (unpaired) electrons. The van der Waals surface area contributed by atoms with Gasteiger partial charge < -0.3 is 4.74 Å². The SMILES string of the molecule is CCCO[C@H]1CC[C@H]2[C@@H]3CC[C@H]4CC(=O)[C@H](C)C[C@]4(C)[C@H]3CC[C@]12C. The van der Waals surface area contributed by atoms with Crippen molar-refractivity contribution >= 4 is 5.78 Å².